The van der Waals surface area contributed by atoms with Crippen LogP contribution < -0.4 is 0 Å². The van der Waals surface area contributed by atoms with Gasteiger partial charge in [-0.25, -0.2) is 8.42 Å². The SMILES string of the molecule is CC1COC(CO)CN1S(=O)(=O)c1ccc(S(=O)(=O)F)cc1. The zero-order chi connectivity index (χ0) is 16.5. The quantitative estimate of drug-likeness (QED) is 0.772. The maximum atomic E-state index is 12.8. The highest BCUT2D eigenvalue weighted by atomic mass is 32.3. The Morgan fingerprint density at radius 3 is 2.27 bits per heavy atom. The Kier molecular flexibility index (Phi) is 4.87. The highest BCUT2D eigenvalue weighted by Crippen LogP contribution is 2.24. The summed E-state index contributed by atoms with van der Waals surface area (Å²) in [7, 11) is -8.77. The summed E-state index contributed by atoms with van der Waals surface area (Å²) in [5, 5.41) is 9.10. The topological polar surface area (TPSA) is 101 Å². The number of morpholine rings is 1. The lowest BCUT2D eigenvalue weighted by atomic mass is 10.2. The number of sulfonamides is 1. The molecule has 124 valence electrons. The molecule has 1 fully saturated rings. The molecular weight excluding hydrogens is 337 g/mol. The van der Waals surface area contributed by atoms with Crippen LogP contribution in [0.4, 0.5) is 3.89 Å². The fourth-order valence-electron chi connectivity index (χ4n) is 2.15. The number of benzene rings is 1. The van der Waals surface area contributed by atoms with Gasteiger partial charge in [0.2, 0.25) is 10.0 Å². The van der Waals surface area contributed by atoms with Crippen LogP contribution in [0.3, 0.4) is 0 Å². The summed E-state index contributed by atoms with van der Waals surface area (Å²) in [5.41, 5.74) is 0. The molecule has 2 unspecified atom stereocenters. The van der Waals surface area contributed by atoms with E-state index in [9.17, 15) is 20.7 Å². The van der Waals surface area contributed by atoms with Gasteiger partial charge in [0, 0.05) is 12.6 Å². The molecule has 0 aromatic heterocycles. The first-order valence-corrected chi connectivity index (χ1v) is 9.27. The molecule has 1 aromatic carbocycles. The van der Waals surface area contributed by atoms with Gasteiger partial charge in [-0.05, 0) is 31.2 Å². The van der Waals surface area contributed by atoms with E-state index in [-0.39, 0.29) is 24.7 Å². The van der Waals surface area contributed by atoms with E-state index in [4.69, 9.17) is 9.84 Å². The molecule has 22 heavy (non-hydrogen) atoms. The van der Waals surface area contributed by atoms with Crippen LogP contribution in [0.1, 0.15) is 6.92 Å². The Bertz CT molecular complexity index is 731. The molecule has 1 heterocycles. The van der Waals surface area contributed by atoms with E-state index in [0.29, 0.717) is 0 Å². The van der Waals surface area contributed by atoms with E-state index >= 15 is 0 Å². The number of hydrogen-bond donors (Lipinski definition) is 1. The highest BCUT2D eigenvalue weighted by Gasteiger charge is 2.35. The average Bonchev–Trinajstić information content (AvgIpc) is 2.47. The van der Waals surface area contributed by atoms with E-state index in [0.717, 1.165) is 24.3 Å². The van der Waals surface area contributed by atoms with E-state index in [1.165, 1.54) is 4.31 Å². The lowest BCUT2D eigenvalue weighted by Gasteiger charge is -2.36. The molecule has 0 spiro atoms. The molecule has 0 saturated carbocycles. The van der Waals surface area contributed by atoms with Gasteiger partial charge in [-0.3, -0.25) is 0 Å². The standard InChI is InChI=1S/C12H16FNO6S2/c1-9-8-20-10(7-15)6-14(9)22(18,19)12-4-2-11(3-5-12)21(13,16)17/h2-5,9-10,15H,6-8H2,1H3. The van der Waals surface area contributed by atoms with Gasteiger partial charge in [0.25, 0.3) is 0 Å². The first-order valence-electron chi connectivity index (χ1n) is 6.45. The molecule has 0 amide bonds. The molecule has 10 heteroatoms. The van der Waals surface area contributed by atoms with Crippen LogP contribution in [0.2, 0.25) is 0 Å². The van der Waals surface area contributed by atoms with Gasteiger partial charge in [-0.2, -0.15) is 12.7 Å². The molecule has 1 aliphatic heterocycles. The maximum absolute atomic E-state index is 12.8. The van der Waals surface area contributed by atoms with Crippen LogP contribution in [0.5, 0.6) is 0 Å². The van der Waals surface area contributed by atoms with Crippen molar-refractivity contribution in [2.24, 2.45) is 0 Å². The predicted octanol–water partition coefficient (Wildman–Crippen LogP) is 0.115. The summed E-state index contributed by atoms with van der Waals surface area (Å²) in [6, 6.07) is 3.45. The maximum Gasteiger partial charge on any atom is 0.332 e. The summed E-state index contributed by atoms with van der Waals surface area (Å²) < 4.78 is 65.9. The molecule has 2 rings (SSSR count). The van der Waals surface area contributed by atoms with Crippen LogP contribution in [0.15, 0.2) is 34.1 Å². The molecule has 0 radical (unpaired) electrons. The minimum absolute atomic E-state index is 0.0108. The zero-order valence-electron chi connectivity index (χ0n) is 11.7. The number of halogens is 1. The van der Waals surface area contributed by atoms with E-state index in [1.807, 2.05) is 0 Å². The Morgan fingerprint density at radius 2 is 1.77 bits per heavy atom. The second-order valence-electron chi connectivity index (χ2n) is 4.97. The van der Waals surface area contributed by atoms with Crippen molar-refractivity contribution in [3.8, 4) is 0 Å². The van der Waals surface area contributed by atoms with Crippen molar-refractivity contribution in [2.45, 2.75) is 28.9 Å². The number of aliphatic hydroxyl groups excluding tert-OH is 1. The van der Waals surface area contributed by atoms with Gasteiger partial charge in [0.05, 0.1) is 29.1 Å². The lowest BCUT2D eigenvalue weighted by molar-refractivity contribution is -0.0516. The minimum Gasteiger partial charge on any atom is -0.394 e. The first-order chi connectivity index (χ1) is 10.2. The van der Waals surface area contributed by atoms with Gasteiger partial charge in [-0.15, -0.1) is 3.89 Å². The van der Waals surface area contributed by atoms with Gasteiger partial charge >= 0.3 is 10.2 Å². The van der Waals surface area contributed by atoms with Crippen molar-refractivity contribution in [3.63, 3.8) is 0 Å². The van der Waals surface area contributed by atoms with Gasteiger partial charge < -0.3 is 9.84 Å². The second kappa shape index (κ2) is 6.20. The third-order valence-corrected chi connectivity index (χ3v) is 6.19. The molecule has 0 bridgehead atoms. The van der Waals surface area contributed by atoms with Gasteiger partial charge in [-0.1, -0.05) is 0 Å². The average molecular weight is 353 g/mol. The van der Waals surface area contributed by atoms with Crippen LogP contribution in [-0.4, -0.2) is 58.2 Å². The van der Waals surface area contributed by atoms with E-state index in [2.05, 4.69) is 0 Å². The monoisotopic (exact) mass is 353 g/mol. The molecule has 0 aliphatic carbocycles. The minimum atomic E-state index is -4.87. The number of aliphatic hydroxyl groups is 1. The molecular formula is C12H16FNO6S2. The number of nitrogens with zero attached hydrogens (tertiary/aromatic N) is 1. The predicted molar refractivity (Wildman–Crippen MR) is 74.9 cm³/mol. The summed E-state index contributed by atoms with van der Waals surface area (Å²) in [6.07, 6.45) is -0.614. The molecule has 7 nitrogen and oxygen atoms in total. The van der Waals surface area contributed by atoms with Gasteiger partial charge in [0.1, 0.15) is 0 Å². The highest BCUT2D eigenvalue weighted by molar-refractivity contribution is 7.89. The normalized spacial score (nSPS) is 24.3. The summed E-state index contributed by atoms with van der Waals surface area (Å²) in [4.78, 5) is -0.750. The summed E-state index contributed by atoms with van der Waals surface area (Å²) >= 11 is 0. The van der Waals surface area contributed by atoms with Crippen molar-refractivity contribution in [2.75, 3.05) is 19.8 Å². The van der Waals surface area contributed by atoms with Crippen molar-refractivity contribution >= 4 is 20.2 Å². The Balaban J connectivity index is 2.33. The molecule has 1 saturated heterocycles. The number of ether oxygens (including phenoxy) is 1. The van der Waals surface area contributed by atoms with Crippen molar-refractivity contribution in [3.05, 3.63) is 24.3 Å². The Hall–Kier alpha value is -1.07. The Labute approximate surface area is 128 Å². The lowest BCUT2D eigenvalue weighted by Crippen LogP contribution is -2.51. The summed E-state index contributed by atoms with van der Waals surface area (Å²) in [6.45, 7) is 1.48. The van der Waals surface area contributed by atoms with Gasteiger partial charge in [0.15, 0.2) is 0 Å². The third-order valence-electron chi connectivity index (χ3n) is 3.36. The molecule has 2 atom stereocenters. The molecule has 1 aliphatic rings. The van der Waals surface area contributed by atoms with Crippen LogP contribution in [0.25, 0.3) is 0 Å². The van der Waals surface area contributed by atoms with Crippen molar-refractivity contribution in [1.29, 1.82) is 0 Å². The second-order valence-corrected chi connectivity index (χ2v) is 8.21. The summed E-state index contributed by atoms with van der Waals surface area (Å²) in [5.74, 6) is 0. The number of rotatable bonds is 4. The van der Waals surface area contributed by atoms with Crippen molar-refractivity contribution < 1.29 is 30.6 Å². The molecule has 1 N–H and O–H groups in total. The fraction of sp³-hybridized carbons (Fsp3) is 0.500. The fourth-order valence-corrected chi connectivity index (χ4v) is 4.26. The zero-order valence-corrected chi connectivity index (χ0v) is 13.3. The molecule has 1 aromatic rings. The smallest absolute Gasteiger partial charge is 0.332 e. The van der Waals surface area contributed by atoms with Crippen LogP contribution in [0, 0.1) is 0 Å². The van der Waals surface area contributed by atoms with E-state index in [1.54, 1.807) is 6.92 Å². The largest absolute Gasteiger partial charge is 0.394 e. The number of hydrogen-bond acceptors (Lipinski definition) is 6. The van der Waals surface area contributed by atoms with Crippen LogP contribution in [-0.2, 0) is 25.0 Å². The first kappa shape index (κ1) is 17.3. The van der Waals surface area contributed by atoms with Crippen molar-refractivity contribution in [1.82, 2.24) is 4.31 Å². The van der Waals surface area contributed by atoms with E-state index < -0.39 is 37.3 Å². The Morgan fingerprint density at radius 1 is 1.23 bits per heavy atom. The third kappa shape index (κ3) is 3.46. The van der Waals surface area contributed by atoms with Crippen LogP contribution >= 0.6 is 0 Å².